The minimum absolute atomic E-state index is 0.132. The molecule has 0 bridgehead atoms. The van der Waals surface area contributed by atoms with Gasteiger partial charge < -0.3 is 9.84 Å². The summed E-state index contributed by atoms with van der Waals surface area (Å²) in [5.74, 6) is 0.943. The first kappa shape index (κ1) is 14.8. The van der Waals surface area contributed by atoms with Crippen molar-refractivity contribution < 1.29 is 9.84 Å². The lowest BCUT2D eigenvalue weighted by Gasteiger charge is -2.42. The zero-order valence-electron chi connectivity index (χ0n) is 13.0. The standard InChI is InChI=1S/C17H26N2O2/c1-3-21-17-6-4-14(5-7-17)10-18-11-15-8-16(20)12-19(15)9-13(18)2/h4-7,13,15-16,20H,3,8-12H2,1-2H3/t13-,15-,16+/m0/s1. The molecular weight excluding hydrogens is 264 g/mol. The van der Waals surface area contributed by atoms with Gasteiger partial charge >= 0.3 is 0 Å². The van der Waals surface area contributed by atoms with E-state index in [4.69, 9.17) is 4.74 Å². The third-order valence-corrected chi connectivity index (χ3v) is 4.69. The number of aliphatic hydroxyl groups is 1. The average Bonchev–Trinajstić information content (AvgIpc) is 2.81. The number of rotatable bonds is 4. The second kappa shape index (κ2) is 6.34. The van der Waals surface area contributed by atoms with E-state index in [2.05, 4.69) is 41.0 Å². The Balaban J connectivity index is 1.61. The Labute approximate surface area is 127 Å². The van der Waals surface area contributed by atoms with E-state index in [1.165, 1.54) is 5.56 Å². The Hall–Kier alpha value is -1.10. The van der Waals surface area contributed by atoms with Crippen molar-refractivity contribution in [3.8, 4) is 5.75 Å². The van der Waals surface area contributed by atoms with Crippen LogP contribution in [0.1, 0.15) is 25.8 Å². The number of hydrogen-bond acceptors (Lipinski definition) is 4. The van der Waals surface area contributed by atoms with E-state index in [0.717, 1.165) is 38.3 Å². The highest BCUT2D eigenvalue weighted by Crippen LogP contribution is 2.26. The zero-order chi connectivity index (χ0) is 14.8. The summed E-state index contributed by atoms with van der Waals surface area (Å²) < 4.78 is 5.49. The molecule has 0 aromatic heterocycles. The predicted molar refractivity (Wildman–Crippen MR) is 83.5 cm³/mol. The van der Waals surface area contributed by atoms with Crippen molar-refractivity contribution >= 4 is 0 Å². The van der Waals surface area contributed by atoms with Crippen LogP contribution in [0, 0.1) is 0 Å². The molecule has 0 unspecified atom stereocenters. The lowest BCUT2D eigenvalue weighted by atomic mass is 10.1. The van der Waals surface area contributed by atoms with Crippen molar-refractivity contribution in [3.05, 3.63) is 29.8 Å². The van der Waals surface area contributed by atoms with E-state index in [1.54, 1.807) is 0 Å². The van der Waals surface area contributed by atoms with Gasteiger partial charge in [-0.05, 0) is 38.0 Å². The normalized spacial score (nSPS) is 30.3. The highest BCUT2D eigenvalue weighted by molar-refractivity contribution is 5.27. The number of nitrogens with zero attached hydrogens (tertiary/aromatic N) is 2. The van der Waals surface area contributed by atoms with Gasteiger partial charge in [0.05, 0.1) is 12.7 Å². The molecule has 116 valence electrons. The summed E-state index contributed by atoms with van der Waals surface area (Å²) in [5.41, 5.74) is 1.33. The van der Waals surface area contributed by atoms with Crippen LogP contribution in [0.15, 0.2) is 24.3 Å². The molecule has 3 rings (SSSR count). The maximum Gasteiger partial charge on any atom is 0.119 e. The molecule has 2 heterocycles. The third-order valence-electron chi connectivity index (χ3n) is 4.69. The molecule has 0 amide bonds. The second-order valence-corrected chi connectivity index (χ2v) is 6.35. The van der Waals surface area contributed by atoms with Crippen molar-refractivity contribution in [1.82, 2.24) is 9.80 Å². The second-order valence-electron chi connectivity index (χ2n) is 6.35. The van der Waals surface area contributed by atoms with Gasteiger partial charge in [0.15, 0.2) is 0 Å². The molecule has 3 atom stereocenters. The number of ether oxygens (including phenoxy) is 1. The summed E-state index contributed by atoms with van der Waals surface area (Å²) >= 11 is 0. The molecule has 1 aromatic rings. The SMILES string of the molecule is CCOc1ccc(CN2C[C@@H]3C[C@@H](O)CN3C[C@@H]2C)cc1. The van der Waals surface area contributed by atoms with Crippen LogP contribution in [0.2, 0.25) is 0 Å². The number of piperazine rings is 1. The molecule has 4 heteroatoms. The van der Waals surface area contributed by atoms with Crippen LogP contribution in [0.25, 0.3) is 0 Å². The lowest BCUT2D eigenvalue weighted by Crippen LogP contribution is -2.54. The minimum Gasteiger partial charge on any atom is -0.494 e. The van der Waals surface area contributed by atoms with Crippen molar-refractivity contribution in [1.29, 1.82) is 0 Å². The summed E-state index contributed by atoms with van der Waals surface area (Å²) in [5, 5.41) is 9.83. The van der Waals surface area contributed by atoms with Crippen LogP contribution >= 0.6 is 0 Å². The van der Waals surface area contributed by atoms with Gasteiger partial charge in [-0.25, -0.2) is 0 Å². The molecule has 0 saturated carbocycles. The largest absolute Gasteiger partial charge is 0.494 e. The Morgan fingerprint density at radius 2 is 1.95 bits per heavy atom. The van der Waals surface area contributed by atoms with E-state index in [-0.39, 0.29) is 6.10 Å². The zero-order valence-corrected chi connectivity index (χ0v) is 13.0. The van der Waals surface area contributed by atoms with E-state index in [9.17, 15) is 5.11 Å². The Morgan fingerprint density at radius 3 is 2.67 bits per heavy atom. The van der Waals surface area contributed by atoms with Crippen LogP contribution < -0.4 is 4.74 Å². The first-order valence-electron chi connectivity index (χ1n) is 8.03. The van der Waals surface area contributed by atoms with E-state index in [1.807, 2.05) is 6.92 Å². The molecule has 2 saturated heterocycles. The molecule has 2 aliphatic rings. The Morgan fingerprint density at radius 1 is 1.19 bits per heavy atom. The average molecular weight is 290 g/mol. The van der Waals surface area contributed by atoms with Gasteiger partial charge in [-0.15, -0.1) is 0 Å². The summed E-state index contributed by atoms with van der Waals surface area (Å²) in [7, 11) is 0. The van der Waals surface area contributed by atoms with Crippen molar-refractivity contribution in [3.63, 3.8) is 0 Å². The van der Waals surface area contributed by atoms with Gasteiger partial charge in [0.25, 0.3) is 0 Å². The third kappa shape index (κ3) is 3.39. The van der Waals surface area contributed by atoms with Crippen LogP contribution in [-0.2, 0) is 6.54 Å². The Kier molecular flexibility index (Phi) is 4.48. The first-order chi connectivity index (χ1) is 10.2. The fourth-order valence-corrected chi connectivity index (χ4v) is 3.59. The fourth-order valence-electron chi connectivity index (χ4n) is 3.59. The van der Waals surface area contributed by atoms with Crippen LogP contribution in [-0.4, -0.2) is 59.3 Å². The van der Waals surface area contributed by atoms with Crippen LogP contribution in [0.5, 0.6) is 5.75 Å². The van der Waals surface area contributed by atoms with Gasteiger partial charge in [0, 0.05) is 38.3 Å². The molecule has 21 heavy (non-hydrogen) atoms. The highest BCUT2D eigenvalue weighted by Gasteiger charge is 2.37. The van der Waals surface area contributed by atoms with Crippen LogP contribution in [0.3, 0.4) is 0 Å². The monoisotopic (exact) mass is 290 g/mol. The molecule has 1 N–H and O–H groups in total. The number of fused-ring (bicyclic) bond motifs is 1. The van der Waals surface area contributed by atoms with E-state index in [0.29, 0.717) is 18.7 Å². The number of benzene rings is 1. The van der Waals surface area contributed by atoms with Gasteiger partial charge in [0.1, 0.15) is 5.75 Å². The smallest absolute Gasteiger partial charge is 0.119 e. The fraction of sp³-hybridized carbons (Fsp3) is 0.647. The molecule has 2 fully saturated rings. The molecule has 4 nitrogen and oxygen atoms in total. The molecular formula is C17H26N2O2. The minimum atomic E-state index is -0.132. The number of aliphatic hydroxyl groups excluding tert-OH is 1. The van der Waals surface area contributed by atoms with Gasteiger partial charge in [-0.1, -0.05) is 12.1 Å². The maximum atomic E-state index is 9.83. The van der Waals surface area contributed by atoms with Crippen molar-refractivity contribution in [2.24, 2.45) is 0 Å². The van der Waals surface area contributed by atoms with Crippen molar-refractivity contribution in [2.75, 3.05) is 26.2 Å². The molecule has 1 aromatic carbocycles. The summed E-state index contributed by atoms with van der Waals surface area (Å²) in [6, 6.07) is 9.50. The summed E-state index contributed by atoms with van der Waals surface area (Å²) in [4.78, 5) is 4.99. The molecule has 2 aliphatic heterocycles. The predicted octanol–water partition coefficient (Wildman–Crippen LogP) is 1.72. The lowest BCUT2D eigenvalue weighted by molar-refractivity contribution is 0.0528. The van der Waals surface area contributed by atoms with E-state index < -0.39 is 0 Å². The summed E-state index contributed by atoms with van der Waals surface area (Å²) in [6.45, 7) is 8.97. The summed E-state index contributed by atoms with van der Waals surface area (Å²) in [6.07, 6.45) is 0.791. The number of hydrogen-bond donors (Lipinski definition) is 1. The Bertz CT molecular complexity index is 462. The first-order valence-corrected chi connectivity index (χ1v) is 8.03. The maximum absolute atomic E-state index is 9.83. The van der Waals surface area contributed by atoms with E-state index >= 15 is 0 Å². The topological polar surface area (TPSA) is 35.9 Å². The van der Waals surface area contributed by atoms with Crippen LogP contribution in [0.4, 0.5) is 0 Å². The molecule has 0 aliphatic carbocycles. The highest BCUT2D eigenvalue weighted by atomic mass is 16.5. The molecule has 0 radical (unpaired) electrons. The van der Waals surface area contributed by atoms with Gasteiger partial charge in [-0.3, -0.25) is 9.80 Å². The van der Waals surface area contributed by atoms with Gasteiger partial charge in [0.2, 0.25) is 0 Å². The van der Waals surface area contributed by atoms with Gasteiger partial charge in [-0.2, -0.15) is 0 Å². The quantitative estimate of drug-likeness (QED) is 0.916. The molecule has 0 spiro atoms. The van der Waals surface area contributed by atoms with Crippen molar-refractivity contribution in [2.45, 2.75) is 45.0 Å².